The minimum absolute atomic E-state index is 0. The normalized spacial score (nSPS) is 6.82. The number of amides is 7. The largest absolute Gasteiger partial charge is 0.469 e. The molecule has 0 unspecified atom stereocenters. The third-order valence-corrected chi connectivity index (χ3v) is 6.25. The molecule has 0 aromatic rings. The fraction of sp³-hybridized carbons (Fsp3) is 0.792. The van der Waals surface area contributed by atoms with Crippen molar-refractivity contribution in [2.75, 3.05) is 273 Å². The molecule has 0 bridgehead atoms. The van der Waals surface area contributed by atoms with Crippen LogP contribution in [0.2, 0.25) is 0 Å². The van der Waals surface area contributed by atoms with Gasteiger partial charge in [0.2, 0.25) is 29.5 Å². The Balaban J connectivity index is -0.0000000234. The maximum Gasteiger partial charge on any atom is 0.406 e. The Morgan fingerprint density at radius 2 is 0.500 bits per heavy atom. The molecule has 0 aliphatic rings. The van der Waals surface area contributed by atoms with Crippen LogP contribution in [0.25, 0.3) is 0 Å². The van der Waals surface area contributed by atoms with Crippen LogP contribution in [0.1, 0.15) is 155 Å². The number of Topliss-reactive ketones (excluding diaryl/α,β-unsaturated/α-hetero) is 3. The first kappa shape index (κ1) is 212. The Hall–Kier alpha value is -6.62. The number of nitrogens with one attached hydrogen (secondary N) is 10. The molecule has 43 nitrogen and oxygen atoms in total. The standard InChI is InChI=1S/2C4H9NO2.2C4H8O3.C4H8O.2C3H7NO2.3C3H7NO.C3H9N.C3H8O2.3C3H6O2.2C3H8O.2C3H6O.2C2H7N.3C2H6O.4CH4.CH3.V.Y.H2/c1-5-4(6)3-7-2;1-4(6)5-3-7-2;1-6-3-4(5)7-2;1-4(5)7-3-6-2;1-3-4(2)5;2*1-4-3(5)6-2;3*1-3(5)4-2;1-3-4-2;1-4-3-5-2;3*1-3(4)5-2;2*1-3-4-2;2*1-3(2)4;5*1-3-2;;;;;;;;/h2*3H2,1-2H3,(H,5,6);2*3H2,1-2H3;3H2,1-2H3;2*1-2H3,(H,4,5);3*1-2H3,(H,4,5);4H,3H2,1-2H3;3H2,1-2H3;3*1-2H3;2*3H2,1-2H3;2*1-2H3;2*3H,1-2H3;3*1-2H3;4*1H4;1H3;;;1H/q;;;;;;;;;;;;;;;;;;;;;;;;;;;;-1;;;. The number of ether oxygens (including phenoxy) is 18. The first-order valence-electron chi connectivity index (χ1n) is 33.6. The van der Waals surface area contributed by atoms with E-state index < -0.39 is 12.2 Å². The predicted octanol–water partition coefficient (Wildman–Crippen LogP) is 6.44. The van der Waals surface area contributed by atoms with Crippen LogP contribution in [0.15, 0.2) is 0 Å². The maximum absolute atomic E-state index is 10.2. The molecule has 2 radical (unpaired) electrons. The molecule has 0 fully saturated rings. The van der Waals surface area contributed by atoms with E-state index in [1.807, 2.05) is 56.0 Å². The number of methoxy groups -OCH3 is 17. The van der Waals surface area contributed by atoms with Crippen molar-refractivity contribution in [2.45, 2.75) is 154 Å². The molecular formula is C77H193N10O33VY-. The van der Waals surface area contributed by atoms with Crippen molar-refractivity contribution in [3.05, 3.63) is 7.43 Å². The summed E-state index contributed by atoms with van der Waals surface area (Å²) in [7, 11) is 49.0. The second-order valence-electron chi connectivity index (χ2n) is 18.0. The molecule has 0 spiro atoms. The molecule has 0 aromatic heterocycles. The molecule has 0 aliphatic carbocycles. The van der Waals surface area contributed by atoms with E-state index in [1.54, 1.807) is 106 Å². The number of ketones is 3. The molecule has 0 heterocycles. The first-order chi connectivity index (χ1) is 53.4. The van der Waals surface area contributed by atoms with Crippen molar-refractivity contribution in [3.8, 4) is 0 Å². The summed E-state index contributed by atoms with van der Waals surface area (Å²) in [6, 6.07) is 0. The van der Waals surface area contributed by atoms with Crippen LogP contribution in [-0.4, -0.2) is 362 Å². The van der Waals surface area contributed by atoms with Gasteiger partial charge in [0.1, 0.15) is 44.1 Å². The van der Waals surface area contributed by atoms with Crippen molar-refractivity contribution >= 4 is 88.9 Å². The van der Waals surface area contributed by atoms with Crippen molar-refractivity contribution < 1.29 is 210 Å². The average molecular weight is 1930 g/mol. The Kier molecular flexibility index (Phi) is 450. The number of carbonyl (C=O) groups excluding carboxylic acids is 15. The van der Waals surface area contributed by atoms with Gasteiger partial charge < -0.3 is 160 Å². The van der Waals surface area contributed by atoms with Gasteiger partial charge >= 0.3 is 42.0 Å². The summed E-state index contributed by atoms with van der Waals surface area (Å²) in [5, 5.41) is 24.9. The van der Waals surface area contributed by atoms with Crippen molar-refractivity contribution in [2.24, 2.45) is 0 Å². The Bertz CT molecular complexity index is 1640. The van der Waals surface area contributed by atoms with Crippen LogP contribution in [0.5, 0.6) is 0 Å². The number of rotatable bonds is 14. The second kappa shape index (κ2) is 259. The van der Waals surface area contributed by atoms with Gasteiger partial charge in [-0.15, -0.1) is 0 Å². The summed E-state index contributed by atoms with van der Waals surface area (Å²) in [6.07, 6.45) is -0.148. The van der Waals surface area contributed by atoms with Crippen LogP contribution in [0.4, 0.5) is 9.59 Å². The first-order valence-corrected chi connectivity index (χ1v) is 33.6. The van der Waals surface area contributed by atoms with Gasteiger partial charge in [-0.2, -0.15) is 0 Å². The van der Waals surface area contributed by atoms with Crippen LogP contribution in [0, 0.1) is 7.43 Å². The summed E-state index contributed by atoms with van der Waals surface area (Å²) < 4.78 is 77.8. The third-order valence-electron chi connectivity index (χ3n) is 6.25. The fourth-order valence-electron chi connectivity index (χ4n) is 1.02. The SMILES string of the molecule is C.C.C.C.CC(C)=O.CC(C)=O.CCC(C)=O.CCNC.CCOC.CCOC.CNC.CNC.CNC(=O)COC.CNC(=O)OC.CNC(=O)OC.CNC(C)=O.CNC(C)=O.CNC(C)=O.COC.COC.COC.COC(C)=O.COC(C)=O.COC(C)=O.COCC(=O)OC.COCNC(C)=O.COCOC.COCOC(C)=O.[CH3-].[HH].[V].[Y]. The molecule has 0 rings (SSSR count). The summed E-state index contributed by atoms with van der Waals surface area (Å²) in [5.74, 6) is -0.960. The predicted molar refractivity (Wildman–Crippen MR) is 486 cm³/mol. The molecular weight excluding hydrogens is 1730 g/mol. The molecule has 10 N–H and O–H groups in total. The minimum atomic E-state index is -0.407. The monoisotopic (exact) mass is 1930 g/mol. The molecule has 0 aliphatic heterocycles. The van der Waals surface area contributed by atoms with Crippen LogP contribution in [-0.2, 0) is 199 Å². The zero-order valence-electron chi connectivity index (χ0n) is 82.4. The van der Waals surface area contributed by atoms with E-state index in [0.717, 1.165) is 19.8 Å². The van der Waals surface area contributed by atoms with Gasteiger partial charge in [0.15, 0.2) is 6.79 Å². The van der Waals surface area contributed by atoms with E-state index >= 15 is 0 Å². The summed E-state index contributed by atoms with van der Waals surface area (Å²) in [6.45, 7) is 30.4. The minimum Gasteiger partial charge on any atom is -0.469 e. The van der Waals surface area contributed by atoms with Gasteiger partial charge in [-0.1, -0.05) is 43.6 Å². The van der Waals surface area contributed by atoms with E-state index in [2.05, 4.69) is 145 Å². The van der Waals surface area contributed by atoms with E-state index in [4.69, 9.17) is 0 Å². The molecule has 0 atom stereocenters. The van der Waals surface area contributed by atoms with Crippen LogP contribution in [0.3, 0.4) is 0 Å². The molecule has 0 saturated carbocycles. The van der Waals surface area contributed by atoms with Crippen molar-refractivity contribution in [3.63, 3.8) is 0 Å². The topological polar surface area (TPSA) is 542 Å². The van der Waals surface area contributed by atoms with Crippen molar-refractivity contribution in [1.29, 1.82) is 0 Å². The number of carbonyl (C=O) groups is 15. The van der Waals surface area contributed by atoms with E-state index in [0.29, 0.717) is 19.9 Å². The molecule has 7 amide bonds. The summed E-state index contributed by atoms with van der Waals surface area (Å²) in [4.78, 5) is 146. The molecule has 758 valence electrons. The number of esters is 5. The second-order valence-corrected chi connectivity index (χ2v) is 18.0. The Morgan fingerprint density at radius 1 is 0.303 bits per heavy atom. The van der Waals surface area contributed by atoms with E-state index in [1.165, 1.54) is 168 Å². The zero-order valence-corrected chi connectivity index (χ0v) is 86.6. The molecule has 0 saturated heterocycles. The van der Waals surface area contributed by atoms with Gasteiger partial charge in [-0.25, -0.2) is 14.4 Å². The molecule has 0 aromatic carbocycles. The fourth-order valence-corrected chi connectivity index (χ4v) is 1.02. The van der Waals surface area contributed by atoms with Gasteiger partial charge in [0, 0.05) is 270 Å². The van der Waals surface area contributed by atoms with Crippen LogP contribution >= 0.6 is 0 Å². The number of alkyl carbamates (subject to hydrolysis) is 2. The third kappa shape index (κ3) is 972. The molecule has 45 heteroatoms. The number of likely N-dealkylation sites (N-methyl/N-ethyl adjacent to an activating group) is 1. The Labute approximate surface area is 781 Å². The van der Waals surface area contributed by atoms with Gasteiger partial charge in [0.25, 0.3) is 0 Å². The maximum atomic E-state index is 10.2. The number of hydrogen-bond donors (Lipinski definition) is 10. The average Bonchev–Trinajstić information content (AvgIpc) is 1.10. The quantitative estimate of drug-likeness (QED) is 0.0387. The van der Waals surface area contributed by atoms with Gasteiger partial charge in [-0.3, -0.25) is 43.2 Å². The van der Waals surface area contributed by atoms with Crippen molar-refractivity contribution in [1.82, 2.24) is 53.2 Å². The number of hydrogen-bond acceptors (Lipinski definition) is 36. The van der Waals surface area contributed by atoms with E-state index in [-0.39, 0.29) is 187 Å². The van der Waals surface area contributed by atoms with Gasteiger partial charge in [0.05, 0.1) is 42.7 Å². The summed E-state index contributed by atoms with van der Waals surface area (Å²) in [5.41, 5.74) is 0. The summed E-state index contributed by atoms with van der Waals surface area (Å²) >= 11 is 0. The Morgan fingerprint density at radius 3 is 0.533 bits per heavy atom. The van der Waals surface area contributed by atoms with Crippen LogP contribution < -0.4 is 53.2 Å². The molecule has 122 heavy (non-hydrogen) atoms. The van der Waals surface area contributed by atoms with E-state index in [9.17, 15) is 71.9 Å². The zero-order chi connectivity index (χ0) is 97.8. The van der Waals surface area contributed by atoms with Gasteiger partial charge in [-0.05, 0) is 90.2 Å². The smallest absolute Gasteiger partial charge is 0.406 e.